The lowest BCUT2D eigenvalue weighted by Crippen LogP contribution is -2.41. The fraction of sp³-hybridized carbons (Fsp3) is 0.469. The smallest absolute Gasteiger partial charge is 0.323 e. The number of nitrogens with one attached hydrogen (secondary N) is 3. The van der Waals surface area contributed by atoms with Crippen molar-refractivity contribution < 1.29 is 33.2 Å². The number of nitrogens with two attached hydrogens (primary N) is 1. The minimum absolute atomic E-state index is 0.00902. The van der Waals surface area contributed by atoms with Crippen LogP contribution in [-0.4, -0.2) is 86.8 Å². The summed E-state index contributed by atoms with van der Waals surface area (Å²) < 4.78 is 29.9. The molecule has 0 saturated carbocycles. The summed E-state index contributed by atoms with van der Waals surface area (Å²) in [5, 5.41) is 10.7. The van der Waals surface area contributed by atoms with Crippen LogP contribution in [0.4, 0.5) is 23.3 Å². The number of fused-ring (bicyclic) bond motifs is 1. The number of esters is 1. The van der Waals surface area contributed by atoms with E-state index in [9.17, 15) is 4.79 Å². The van der Waals surface area contributed by atoms with Crippen molar-refractivity contribution in [1.82, 2.24) is 19.9 Å². The van der Waals surface area contributed by atoms with Crippen LogP contribution in [0.25, 0.3) is 0 Å². The first-order chi connectivity index (χ1) is 24.1. The van der Waals surface area contributed by atoms with Crippen molar-refractivity contribution >= 4 is 61.3 Å². The van der Waals surface area contributed by atoms with Gasteiger partial charge in [-0.3, -0.25) is 10.2 Å². The molecule has 2 aromatic rings. The molecule has 1 aromatic carbocycles. The summed E-state index contributed by atoms with van der Waals surface area (Å²) in [6.45, 7) is 10.2. The molecule has 0 bridgehead atoms. The summed E-state index contributed by atoms with van der Waals surface area (Å²) in [4.78, 5) is 29.1. The lowest BCUT2D eigenvalue weighted by Gasteiger charge is -2.28. The van der Waals surface area contributed by atoms with Crippen LogP contribution in [-0.2, 0) is 23.5 Å². The SMILES string of the molecule is C=C/C(COC(=O)C(C)NP(OCC1CC(C)C(N2CN(C)c3c(NNSC)nc(N)nc32)O1)Oc1ccc(Cl)cc1)=C(\C=C/C)OC.CO. The number of anilines is 4. The van der Waals surface area contributed by atoms with Crippen LogP contribution in [0.5, 0.6) is 5.75 Å². The second kappa shape index (κ2) is 20.5. The molecule has 2 aliphatic rings. The molecule has 2 aliphatic heterocycles. The molecule has 0 amide bonds. The predicted octanol–water partition coefficient (Wildman–Crippen LogP) is 4.99. The molecule has 3 heterocycles. The van der Waals surface area contributed by atoms with Gasteiger partial charge in [-0.15, -0.1) is 0 Å². The molecule has 5 atom stereocenters. The number of hydrogen-bond acceptors (Lipinski definition) is 16. The first kappa shape index (κ1) is 41.1. The van der Waals surface area contributed by atoms with E-state index in [0.717, 1.165) is 19.2 Å². The average molecular weight is 755 g/mol. The third kappa shape index (κ3) is 11.1. The van der Waals surface area contributed by atoms with Crippen LogP contribution in [0.1, 0.15) is 27.2 Å². The number of hydrogen-bond donors (Lipinski definition) is 5. The zero-order valence-electron chi connectivity index (χ0n) is 29.4. The minimum Gasteiger partial charge on any atom is -0.496 e. The van der Waals surface area contributed by atoms with Crippen molar-refractivity contribution in [3.63, 3.8) is 0 Å². The quantitative estimate of drug-likeness (QED) is 0.0364. The van der Waals surface area contributed by atoms with E-state index in [1.165, 1.54) is 11.9 Å². The van der Waals surface area contributed by atoms with E-state index in [0.29, 0.717) is 40.4 Å². The Morgan fingerprint density at radius 3 is 2.68 bits per heavy atom. The number of nitrogens with zero attached hydrogens (tertiary/aromatic N) is 4. The molecule has 4 rings (SSSR count). The number of rotatable bonds is 17. The van der Waals surface area contributed by atoms with E-state index in [2.05, 4.69) is 43.7 Å². The van der Waals surface area contributed by atoms with Gasteiger partial charge in [0.1, 0.15) is 36.1 Å². The van der Waals surface area contributed by atoms with Gasteiger partial charge in [-0.05, 0) is 56.9 Å². The van der Waals surface area contributed by atoms with Crippen LogP contribution in [0.2, 0.25) is 5.02 Å². The fourth-order valence-electron chi connectivity index (χ4n) is 5.18. The summed E-state index contributed by atoms with van der Waals surface area (Å²) in [6.07, 6.45) is 7.30. The van der Waals surface area contributed by atoms with Crippen LogP contribution in [0.3, 0.4) is 0 Å². The molecule has 5 unspecified atom stereocenters. The predicted molar refractivity (Wildman–Crippen MR) is 201 cm³/mol. The summed E-state index contributed by atoms with van der Waals surface area (Å²) in [5.41, 5.74) is 10.6. The second-order valence-electron chi connectivity index (χ2n) is 11.1. The normalized spacial score (nSPS) is 20.0. The van der Waals surface area contributed by atoms with Gasteiger partial charge >= 0.3 is 14.5 Å². The van der Waals surface area contributed by atoms with Crippen molar-refractivity contribution in [2.24, 2.45) is 5.92 Å². The number of ether oxygens (including phenoxy) is 3. The lowest BCUT2D eigenvalue weighted by atomic mass is 10.1. The van der Waals surface area contributed by atoms with Crippen molar-refractivity contribution in [1.29, 1.82) is 0 Å². The molecule has 0 aliphatic carbocycles. The molecule has 1 fully saturated rings. The third-order valence-corrected chi connectivity index (χ3v) is 9.35. The molecule has 18 heteroatoms. The van der Waals surface area contributed by atoms with Gasteiger partial charge in [0.2, 0.25) is 5.95 Å². The third-order valence-electron chi connectivity index (χ3n) is 7.44. The topological polar surface area (TPSA) is 178 Å². The van der Waals surface area contributed by atoms with E-state index in [1.807, 2.05) is 31.2 Å². The average Bonchev–Trinajstić information content (AvgIpc) is 3.65. The number of allylic oxidation sites excluding steroid dienone is 2. The number of halogens is 1. The standard InChI is InChI=1S/C31H44ClN8O6PS.CH4O/c1-8-10-25(42-6)21(9-2)16-43-30(41)20(4)37-47(46-23-13-11-22(32)12-14-23)44-17-24-15-19(3)29(45-24)40-18-39(5)26-27(36-38-48-7)34-31(33)35-28(26)40;1-2/h8-14,19-20,24,29,37-38H,2,15-18H2,1,3-7H3,(H3,33,34,35,36);2H,1H3/b10-8-,25-21-;. The van der Waals surface area contributed by atoms with Crippen molar-refractivity contribution in [2.45, 2.75) is 45.6 Å². The summed E-state index contributed by atoms with van der Waals surface area (Å²) >= 11 is 7.49. The zero-order chi connectivity index (χ0) is 36.8. The first-order valence-corrected chi connectivity index (χ1v) is 18.5. The van der Waals surface area contributed by atoms with Gasteiger partial charge in [0.15, 0.2) is 11.6 Å². The molecule has 0 spiro atoms. The zero-order valence-corrected chi connectivity index (χ0v) is 31.8. The van der Waals surface area contributed by atoms with E-state index in [1.54, 1.807) is 50.5 Å². The Hall–Kier alpha value is -3.34. The van der Waals surface area contributed by atoms with E-state index in [-0.39, 0.29) is 37.4 Å². The number of aliphatic hydroxyl groups excluding tert-OH is 1. The van der Waals surface area contributed by atoms with Gasteiger partial charge in [-0.25, -0.2) is 5.09 Å². The van der Waals surface area contributed by atoms with Crippen LogP contribution in [0.15, 0.2) is 60.4 Å². The molecule has 0 radical (unpaired) electrons. The lowest BCUT2D eigenvalue weighted by molar-refractivity contribution is -0.144. The molecular formula is C32H48ClN8O7PS. The maximum Gasteiger partial charge on any atom is 0.323 e. The molecule has 1 saturated heterocycles. The van der Waals surface area contributed by atoms with Crippen LogP contribution >= 0.6 is 32.1 Å². The Labute approximate surface area is 304 Å². The van der Waals surface area contributed by atoms with Gasteiger partial charge in [-0.1, -0.05) is 49.2 Å². The summed E-state index contributed by atoms with van der Waals surface area (Å²) in [7, 11) is 2.71. The number of carbonyl (C=O) groups excluding carboxylic acids is 1. The minimum atomic E-state index is -1.81. The molecule has 15 nitrogen and oxygen atoms in total. The maximum atomic E-state index is 13.0. The van der Waals surface area contributed by atoms with Gasteiger partial charge < -0.3 is 43.9 Å². The number of nitrogen functional groups attached to an aromatic ring is 1. The Bertz CT molecular complexity index is 1470. The molecule has 50 heavy (non-hydrogen) atoms. The highest BCUT2D eigenvalue weighted by Crippen LogP contribution is 2.44. The van der Waals surface area contributed by atoms with Crippen LogP contribution in [0, 0.1) is 5.92 Å². The highest BCUT2D eigenvalue weighted by atomic mass is 35.5. The van der Waals surface area contributed by atoms with Crippen molar-refractivity contribution in [2.75, 3.05) is 68.4 Å². The van der Waals surface area contributed by atoms with Crippen molar-refractivity contribution in [3.8, 4) is 5.75 Å². The fourth-order valence-corrected chi connectivity index (χ4v) is 6.72. The largest absolute Gasteiger partial charge is 0.496 e. The Morgan fingerprint density at radius 2 is 2.04 bits per heavy atom. The number of carbonyl (C=O) groups is 1. The molecule has 1 aromatic heterocycles. The van der Waals surface area contributed by atoms with Gasteiger partial charge in [0.25, 0.3) is 0 Å². The van der Waals surface area contributed by atoms with E-state index >= 15 is 0 Å². The molecule has 6 N–H and O–H groups in total. The summed E-state index contributed by atoms with van der Waals surface area (Å²) in [5.74, 6) is 2.17. The molecular weight excluding hydrogens is 707 g/mol. The van der Waals surface area contributed by atoms with Crippen LogP contribution < -0.4 is 35.4 Å². The number of methoxy groups -OCH3 is 1. The monoisotopic (exact) mass is 754 g/mol. The Kier molecular flexibility index (Phi) is 16.8. The van der Waals surface area contributed by atoms with Gasteiger partial charge in [-0.2, -0.15) is 14.8 Å². The van der Waals surface area contributed by atoms with Gasteiger partial charge in [0, 0.05) is 30.7 Å². The number of aromatic nitrogens is 2. The highest BCUT2D eigenvalue weighted by Gasteiger charge is 2.42. The summed E-state index contributed by atoms with van der Waals surface area (Å²) in [6, 6.07) is 6.14. The Morgan fingerprint density at radius 1 is 1.32 bits per heavy atom. The van der Waals surface area contributed by atoms with E-state index < -0.39 is 20.5 Å². The first-order valence-electron chi connectivity index (χ1n) is 15.7. The highest BCUT2D eigenvalue weighted by molar-refractivity contribution is 7.96. The van der Waals surface area contributed by atoms with Crippen molar-refractivity contribution in [3.05, 3.63) is 65.4 Å². The van der Waals surface area contributed by atoms with Gasteiger partial charge in [0.05, 0.1) is 26.5 Å². The number of aliphatic hydroxyl groups is 1. The Balaban J connectivity index is 0.00000332. The second-order valence-corrected chi connectivity index (χ2v) is 13.3. The maximum absolute atomic E-state index is 13.0. The van der Waals surface area contributed by atoms with E-state index in [4.69, 9.17) is 45.7 Å². The number of benzene rings is 1. The number of hydrazine groups is 1. The molecule has 276 valence electrons.